The first-order chi connectivity index (χ1) is 13.3. The number of carbonyl (C=O) groups excluding carboxylic acids is 1. The summed E-state index contributed by atoms with van der Waals surface area (Å²) >= 11 is 1.36. The molecule has 0 bridgehead atoms. The molecule has 0 atom stereocenters. The quantitative estimate of drug-likeness (QED) is 0.637. The number of pyridine rings is 1. The number of anilines is 1. The summed E-state index contributed by atoms with van der Waals surface area (Å²) in [4.78, 5) is 23.5. The van der Waals surface area contributed by atoms with Crippen LogP contribution in [0, 0.1) is 6.92 Å². The Hall–Kier alpha value is -2.78. The maximum Gasteiger partial charge on any atom is 0.284 e. The number of nitrogens with zero attached hydrogens (tertiary/aromatic N) is 3. The number of nitrogens with one attached hydrogen (secondary N) is 1. The number of sulfonamides is 1. The minimum atomic E-state index is -3.65. The average Bonchev–Trinajstić information content (AvgIpc) is 3.03. The molecule has 3 rings (SSSR count). The second-order valence-electron chi connectivity index (χ2n) is 6.30. The van der Waals surface area contributed by atoms with Crippen molar-refractivity contribution >= 4 is 32.4 Å². The van der Waals surface area contributed by atoms with Crippen LogP contribution in [0.5, 0.6) is 0 Å². The lowest BCUT2D eigenvalue weighted by molar-refractivity contribution is 0.0977. The number of rotatable bonds is 7. The van der Waals surface area contributed by atoms with Gasteiger partial charge in [-0.3, -0.25) is 9.78 Å². The zero-order valence-corrected chi connectivity index (χ0v) is 17.1. The van der Waals surface area contributed by atoms with Gasteiger partial charge in [-0.25, -0.2) is 18.1 Å². The predicted octanol–water partition coefficient (Wildman–Crippen LogP) is 2.74. The third-order valence-electron chi connectivity index (χ3n) is 3.89. The van der Waals surface area contributed by atoms with Crippen LogP contribution in [-0.2, 0) is 23.1 Å². The highest BCUT2D eigenvalue weighted by Gasteiger charge is 2.21. The first-order valence-corrected chi connectivity index (χ1v) is 11.2. The zero-order chi connectivity index (χ0) is 20.1. The van der Waals surface area contributed by atoms with Crippen LogP contribution in [0.2, 0.25) is 0 Å². The lowest BCUT2D eigenvalue weighted by atomic mass is 10.2. The first-order valence-electron chi connectivity index (χ1n) is 8.49. The number of thiazole rings is 1. The van der Waals surface area contributed by atoms with Crippen molar-refractivity contribution in [3.8, 4) is 0 Å². The van der Waals surface area contributed by atoms with Crippen LogP contribution in [0.3, 0.4) is 0 Å². The van der Waals surface area contributed by atoms with E-state index in [1.165, 1.54) is 11.3 Å². The monoisotopic (exact) mass is 416 g/mol. The van der Waals surface area contributed by atoms with E-state index in [0.717, 1.165) is 17.4 Å². The highest BCUT2D eigenvalue weighted by molar-refractivity contribution is 7.89. The summed E-state index contributed by atoms with van der Waals surface area (Å²) in [6.07, 6.45) is 4.40. The maximum absolute atomic E-state index is 12.3. The molecule has 2 aromatic heterocycles. The summed E-state index contributed by atoms with van der Waals surface area (Å²) in [6.45, 7) is 2.94. The molecule has 1 amide bonds. The van der Waals surface area contributed by atoms with Gasteiger partial charge in [0, 0.05) is 30.4 Å². The number of aryl methyl sites for hydroxylation is 1. The lowest BCUT2D eigenvalue weighted by Gasteiger charge is -2.22. The fourth-order valence-corrected chi connectivity index (χ4v) is 3.99. The number of aromatic nitrogens is 2. The maximum atomic E-state index is 12.3. The molecule has 0 fully saturated rings. The van der Waals surface area contributed by atoms with E-state index in [9.17, 15) is 13.2 Å². The van der Waals surface area contributed by atoms with Crippen LogP contribution >= 0.6 is 11.3 Å². The first kappa shape index (κ1) is 20.0. The van der Waals surface area contributed by atoms with E-state index in [-0.39, 0.29) is 5.69 Å². The topological polar surface area (TPSA) is 92.3 Å². The van der Waals surface area contributed by atoms with Gasteiger partial charge in [-0.1, -0.05) is 30.3 Å². The van der Waals surface area contributed by atoms with Crippen molar-refractivity contribution in [1.82, 2.24) is 14.7 Å². The third-order valence-corrected chi connectivity index (χ3v) is 5.48. The van der Waals surface area contributed by atoms with Crippen LogP contribution in [0.15, 0.2) is 54.9 Å². The second kappa shape index (κ2) is 8.49. The molecule has 0 unspecified atom stereocenters. The van der Waals surface area contributed by atoms with E-state index in [2.05, 4.69) is 14.9 Å². The Bertz CT molecular complexity index is 1010. The molecular formula is C19H20N4O3S2. The minimum Gasteiger partial charge on any atom is -0.339 e. The van der Waals surface area contributed by atoms with E-state index in [0.29, 0.717) is 23.1 Å². The Labute approximate surface area is 168 Å². The third kappa shape index (κ3) is 5.37. The van der Waals surface area contributed by atoms with Crippen LogP contribution in [-0.4, -0.2) is 30.5 Å². The van der Waals surface area contributed by atoms with E-state index in [1.54, 1.807) is 19.3 Å². The van der Waals surface area contributed by atoms with Crippen LogP contribution in [0.4, 0.5) is 5.13 Å². The number of hydrogen-bond donors (Lipinski definition) is 1. The molecule has 0 radical (unpaired) electrons. The fourth-order valence-electron chi connectivity index (χ4n) is 2.65. The summed E-state index contributed by atoms with van der Waals surface area (Å²) in [6, 6.07) is 13.8. The molecule has 0 spiro atoms. The van der Waals surface area contributed by atoms with Gasteiger partial charge < -0.3 is 4.90 Å². The van der Waals surface area contributed by atoms with Crippen LogP contribution < -0.4 is 9.62 Å². The molecule has 0 aliphatic carbocycles. The molecular weight excluding hydrogens is 396 g/mol. The van der Waals surface area contributed by atoms with Gasteiger partial charge >= 0.3 is 0 Å². The zero-order valence-electron chi connectivity index (χ0n) is 15.5. The largest absolute Gasteiger partial charge is 0.339 e. The number of hydrogen-bond acceptors (Lipinski definition) is 7. The molecule has 7 nitrogen and oxygen atoms in total. The van der Waals surface area contributed by atoms with Gasteiger partial charge in [-0.2, -0.15) is 0 Å². The molecule has 0 aliphatic rings. The van der Waals surface area contributed by atoms with Crippen molar-refractivity contribution in [2.75, 3.05) is 11.2 Å². The van der Waals surface area contributed by atoms with E-state index in [4.69, 9.17) is 0 Å². The average molecular weight is 417 g/mol. The second-order valence-corrected chi connectivity index (χ2v) is 9.23. The molecule has 1 aromatic carbocycles. The molecule has 146 valence electrons. The van der Waals surface area contributed by atoms with Gasteiger partial charge in [0.25, 0.3) is 5.91 Å². The van der Waals surface area contributed by atoms with Gasteiger partial charge in [0.15, 0.2) is 5.13 Å². The van der Waals surface area contributed by atoms with Crippen molar-refractivity contribution in [3.05, 3.63) is 76.6 Å². The highest BCUT2D eigenvalue weighted by atomic mass is 32.2. The summed E-state index contributed by atoms with van der Waals surface area (Å²) < 4.78 is 24.7. The van der Waals surface area contributed by atoms with Crippen LogP contribution in [0.25, 0.3) is 0 Å². The number of amides is 1. The summed E-state index contributed by atoms with van der Waals surface area (Å²) in [5, 5.41) is 0.650. The molecule has 28 heavy (non-hydrogen) atoms. The summed E-state index contributed by atoms with van der Waals surface area (Å²) in [5.41, 5.74) is 2.28. The van der Waals surface area contributed by atoms with Crippen molar-refractivity contribution in [2.24, 2.45) is 0 Å². The number of carbonyl (C=O) groups is 1. The van der Waals surface area contributed by atoms with Gasteiger partial charge in [0.05, 0.1) is 6.26 Å². The van der Waals surface area contributed by atoms with Crippen molar-refractivity contribution in [2.45, 2.75) is 20.0 Å². The standard InChI is InChI=1S/C19H20N4O3S2/c1-14-17(18(24)22-28(2,25)26)21-19(27-14)23(12-15-6-4-3-5-7-15)13-16-8-10-20-11-9-16/h3-11H,12-13H2,1-2H3,(H,22,24). The van der Waals surface area contributed by atoms with Gasteiger partial charge in [0.2, 0.25) is 10.0 Å². The smallest absolute Gasteiger partial charge is 0.284 e. The number of benzene rings is 1. The Morgan fingerprint density at radius 2 is 1.68 bits per heavy atom. The Morgan fingerprint density at radius 1 is 1.07 bits per heavy atom. The molecule has 2 heterocycles. The Balaban J connectivity index is 1.91. The summed E-state index contributed by atoms with van der Waals surface area (Å²) in [7, 11) is -3.65. The van der Waals surface area contributed by atoms with Crippen molar-refractivity contribution in [3.63, 3.8) is 0 Å². The van der Waals surface area contributed by atoms with E-state index in [1.807, 2.05) is 47.2 Å². The fraction of sp³-hybridized carbons (Fsp3) is 0.211. The molecule has 0 saturated carbocycles. The molecule has 9 heteroatoms. The Morgan fingerprint density at radius 3 is 2.29 bits per heavy atom. The van der Waals surface area contributed by atoms with E-state index < -0.39 is 15.9 Å². The van der Waals surface area contributed by atoms with Gasteiger partial charge in [-0.05, 0) is 30.2 Å². The SMILES string of the molecule is Cc1sc(N(Cc2ccccc2)Cc2ccncc2)nc1C(=O)NS(C)(=O)=O. The highest BCUT2D eigenvalue weighted by Crippen LogP contribution is 2.28. The lowest BCUT2D eigenvalue weighted by Crippen LogP contribution is -2.30. The normalized spacial score (nSPS) is 11.2. The van der Waals surface area contributed by atoms with Crippen molar-refractivity contribution in [1.29, 1.82) is 0 Å². The summed E-state index contributed by atoms with van der Waals surface area (Å²) in [5.74, 6) is -0.717. The van der Waals surface area contributed by atoms with Crippen molar-refractivity contribution < 1.29 is 13.2 Å². The van der Waals surface area contributed by atoms with Crippen LogP contribution in [0.1, 0.15) is 26.5 Å². The van der Waals surface area contributed by atoms with Gasteiger partial charge in [0.1, 0.15) is 5.69 Å². The molecule has 3 aromatic rings. The molecule has 0 saturated heterocycles. The Kier molecular flexibility index (Phi) is 6.05. The van der Waals surface area contributed by atoms with E-state index >= 15 is 0 Å². The molecule has 1 N–H and O–H groups in total. The molecule has 0 aliphatic heterocycles. The van der Waals surface area contributed by atoms with Gasteiger partial charge in [-0.15, -0.1) is 11.3 Å². The predicted molar refractivity (Wildman–Crippen MR) is 110 cm³/mol. The minimum absolute atomic E-state index is 0.123.